The Morgan fingerprint density at radius 1 is 1.00 bits per heavy atom. The van der Waals surface area contributed by atoms with Crippen molar-refractivity contribution >= 4 is 13.4 Å². The van der Waals surface area contributed by atoms with Gasteiger partial charge in [-0.25, -0.2) is 0 Å². The monoisotopic (exact) mass is 362 g/mol. The third-order valence-electron chi connectivity index (χ3n) is 4.01. The molecule has 0 amide bonds. The van der Waals surface area contributed by atoms with E-state index in [1.54, 1.807) is 25.3 Å². The predicted octanol–water partition coefficient (Wildman–Crippen LogP) is 4.50. The summed E-state index contributed by atoms with van der Waals surface area (Å²) >= 11 is 0. The van der Waals surface area contributed by atoms with Crippen LogP contribution in [0, 0.1) is 0 Å². The lowest BCUT2D eigenvalue weighted by molar-refractivity contribution is 0.0982. The van der Waals surface area contributed by atoms with Crippen LogP contribution in [0.15, 0.2) is 48.5 Å². The molecule has 0 N–H and O–H groups in total. The molecule has 2 rings (SSSR count). The average molecular weight is 362 g/mol. The number of Topliss-reactive ketones (excluding diaryl/α,β-unsaturated/α-hetero) is 1. The van der Waals surface area contributed by atoms with E-state index < -0.39 is 7.60 Å². The van der Waals surface area contributed by atoms with Crippen molar-refractivity contribution in [3.63, 3.8) is 0 Å². The van der Waals surface area contributed by atoms with Crippen LogP contribution in [-0.4, -0.2) is 27.1 Å². The second kappa shape index (κ2) is 8.95. The Labute approximate surface area is 148 Å². The van der Waals surface area contributed by atoms with Gasteiger partial charge < -0.3 is 13.8 Å². The smallest absolute Gasteiger partial charge is 0.334 e. The van der Waals surface area contributed by atoms with E-state index in [9.17, 15) is 9.36 Å². The standard InChI is InChI=1S/C19H23O5P/c1-22-17-9-6-7-15(13-17)11-12-19(20)18-10-5-4-8-16(18)14-25(21,23-2)24-3/h4-10,13H,11-12,14H2,1-3H3. The first-order chi connectivity index (χ1) is 12.0. The topological polar surface area (TPSA) is 61.8 Å². The molecule has 0 aliphatic heterocycles. The van der Waals surface area contributed by atoms with Gasteiger partial charge in [0.15, 0.2) is 5.78 Å². The number of carbonyl (C=O) groups excluding carboxylic acids is 1. The van der Waals surface area contributed by atoms with Crippen molar-refractivity contribution in [2.45, 2.75) is 19.0 Å². The quantitative estimate of drug-likeness (QED) is 0.486. The summed E-state index contributed by atoms with van der Waals surface area (Å²) in [6.07, 6.45) is 1.03. The Kier molecular flexibility index (Phi) is 6.94. The molecule has 134 valence electrons. The van der Waals surface area contributed by atoms with Gasteiger partial charge in [0.2, 0.25) is 0 Å². The Hall–Kier alpha value is -1.94. The van der Waals surface area contributed by atoms with Gasteiger partial charge in [-0.15, -0.1) is 0 Å². The van der Waals surface area contributed by atoms with E-state index in [0.29, 0.717) is 24.0 Å². The third-order valence-corrected chi connectivity index (χ3v) is 5.85. The van der Waals surface area contributed by atoms with Crippen molar-refractivity contribution in [2.24, 2.45) is 0 Å². The first-order valence-electron chi connectivity index (χ1n) is 7.96. The highest BCUT2D eigenvalue weighted by Gasteiger charge is 2.24. The summed E-state index contributed by atoms with van der Waals surface area (Å²) in [5.41, 5.74) is 2.26. The maximum Gasteiger partial charge on any atom is 0.334 e. The van der Waals surface area contributed by atoms with E-state index in [1.807, 2.05) is 30.3 Å². The molecule has 0 spiro atoms. The van der Waals surface area contributed by atoms with Gasteiger partial charge >= 0.3 is 7.60 Å². The van der Waals surface area contributed by atoms with E-state index in [2.05, 4.69) is 0 Å². The summed E-state index contributed by atoms with van der Waals surface area (Å²) in [5.74, 6) is 0.767. The van der Waals surface area contributed by atoms with Crippen LogP contribution >= 0.6 is 7.60 Å². The molecule has 2 aromatic carbocycles. The first-order valence-corrected chi connectivity index (χ1v) is 9.68. The molecular formula is C19H23O5P. The zero-order valence-electron chi connectivity index (χ0n) is 14.7. The van der Waals surface area contributed by atoms with Crippen LogP contribution in [0.2, 0.25) is 0 Å². The first kappa shape index (κ1) is 19.4. The highest BCUT2D eigenvalue weighted by atomic mass is 31.2. The molecule has 0 aliphatic carbocycles. The zero-order valence-corrected chi connectivity index (χ0v) is 15.6. The lowest BCUT2D eigenvalue weighted by Crippen LogP contribution is -2.06. The summed E-state index contributed by atoms with van der Waals surface area (Å²) in [6.45, 7) is 0. The minimum atomic E-state index is -3.23. The number of hydrogen-bond donors (Lipinski definition) is 0. The van der Waals surface area contributed by atoms with Crippen LogP contribution in [0.25, 0.3) is 0 Å². The fourth-order valence-electron chi connectivity index (χ4n) is 2.56. The lowest BCUT2D eigenvalue weighted by atomic mass is 9.99. The number of benzene rings is 2. The van der Waals surface area contributed by atoms with Crippen molar-refractivity contribution in [3.8, 4) is 5.75 Å². The van der Waals surface area contributed by atoms with E-state index in [1.165, 1.54) is 14.2 Å². The van der Waals surface area contributed by atoms with Gasteiger partial charge in [0.05, 0.1) is 13.3 Å². The second-order valence-electron chi connectivity index (χ2n) is 5.57. The largest absolute Gasteiger partial charge is 0.497 e. The Morgan fingerprint density at radius 2 is 1.72 bits per heavy atom. The summed E-state index contributed by atoms with van der Waals surface area (Å²) in [4.78, 5) is 12.7. The molecule has 0 atom stereocenters. The van der Waals surface area contributed by atoms with Crippen LogP contribution in [0.1, 0.15) is 27.9 Å². The van der Waals surface area contributed by atoms with E-state index in [4.69, 9.17) is 13.8 Å². The number of carbonyl (C=O) groups is 1. The van der Waals surface area contributed by atoms with Crippen LogP contribution in [-0.2, 0) is 26.2 Å². The van der Waals surface area contributed by atoms with Gasteiger partial charge in [0.1, 0.15) is 5.75 Å². The fourth-order valence-corrected chi connectivity index (χ4v) is 3.66. The van der Waals surface area contributed by atoms with Crippen LogP contribution < -0.4 is 4.74 Å². The van der Waals surface area contributed by atoms with Gasteiger partial charge in [-0.05, 0) is 29.7 Å². The van der Waals surface area contributed by atoms with Gasteiger partial charge in [-0.2, -0.15) is 0 Å². The number of ketones is 1. The molecule has 25 heavy (non-hydrogen) atoms. The van der Waals surface area contributed by atoms with Crippen molar-refractivity contribution in [1.29, 1.82) is 0 Å². The van der Waals surface area contributed by atoms with E-state index in [-0.39, 0.29) is 11.9 Å². The SMILES string of the molecule is COc1cccc(CCC(=O)c2ccccc2CP(=O)(OC)OC)c1. The molecule has 0 fully saturated rings. The van der Waals surface area contributed by atoms with Gasteiger partial charge in [0.25, 0.3) is 0 Å². The van der Waals surface area contributed by atoms with E-state index >= 15 is 0 Å². The number of ether oxygens (including phenoxy) is 1. The minimum absolute atomic E-state index is 0.00261. The van der Waals surface area contributed by atoms with Crippen LogP contribution in [0.5, 0.6) is 5.75 Å². The average Bonchev–Trinajstić information content (AvgIpc) is 2.66. The van der Waals surface area contributed by atoms with Crippen LogP contribution in [0.3, 0.4) is 0 Å². The number of methoxy groups -OCH3 is 1. The molecular weight excluding hydrogens is 339 g/mol. The molecule has 6 heteroatoms. The normalized spacial score (nSPS) is 11.3. The van der Waals surface area contributed by atoms with Crippen LogP contribution in [0.4, 0.5) is 0 Å². The molecule has 0 unspecified atom stereocenters. The maximum atomic E-state index is 12.7. The van der Waals surface area contributed by atoms with Crippen molar-refractivity contribution < 1.29 is 23.1 Å². The molecule has 0 saturated carbocycles. The van der Waals surface area contributed by atoms with Gasteiger partial charge in [-0.1, -0.05) is 36.4 Å². The summed E-state index contributed by atoms with van der Waals surface area (Å²) in [7, 11) is 1.08. The molecule has 0 bridgehead atoms. The summed E-state index contributed by atoms with van der Waals surface area (Å²) in [5, 5.41) is 0. The third kappa shape index (κ3) is 5.27. The zero-order chi connectivity index (χ0) is 18.3. The molecule has 0 aliphatic rings. The lowest BCUT2D eigenvalue weighted by Gasteiger charge is -2.15. The number of aryl methyl sites for hydroxylation is 1. The molecule has 0 radical (unpaired) electrons. The second-order valence-corrected chi connectivity index (χ2v) is 7.83. The van der Waals surface area contributed by atoms with Gasteiger partial charge in [0, 0.05) is 26.2 Å². The predicted molar refractivity (Wildman–Crippen MR) is 97.4 cm³/mol. The maximum absolute atomic E-state index is 12.7. The fraction of sp³-hybridized carbons (Fsp3) is 0.316. The summed E-state index contributed by atoms with van der Waals surface area (Å²) in [6, 6.07) is 14.8. The summed E-state index contributed by atoms with van der Waals surface area (Å²) < 4.78 is 27.6. The van der Waals surface area contributed by atoms with Crippen molar-refractivity contribution in [3.05, 3.63) is 65.2 Å². The molecule has 2 aromatic rings. The highest BCUT2D eigenvalue weighted by Crippen LogP contribution is 2.50. The van der Waals surface area contributed by atoms with E-state index in [0.717, 1.165) is 11.3 Å². The molecule has 0 heterocycles. The Balaban J connectivity index is 2.12. The minimum Gasteiger partial charge on any atom is -0.497 e. The molecule has 5 nitrogen and oxygen atoms in total. The van der Waals surface area contributed by atoms with Gasteiger partial charge in [-0.3, -0.25) is 9.36 Å². The highest BCUT2D eigenvalue weighted by molar-refractivity contribution is 7.52. The van der Waals surface area contributed by atoms with Crippen molar-refractivity contribution in [2.75, 3.05) is 21.3 Å². The number of rotatable bonds is 9. The molecule has 0 aromatic heterocycles. The Bertz CT molecular complexity index is 764. The Morgan fingerprint density at radius 3 is 2.40 bits per heavy atom. The van der Waals surface area contributed by atoms with Crippen molar-refractivity contribution in [1.82, 2.24) is 0 Å². The number of hydrogen-bond acceptors (Lipinski definition) is 5. The molecule has 0 saturated heterocycles.